The molecule has 2 amide bonds. The Bertz CT molecular complexity index is 1120. The van der Waals surface area contributed by atoms with Crippen LogP contribution in [0.4, 0.5) is 14.6 Å². The van der Waals surface area contributed by atoms with Gasteiger partial charge in [0, 0.05) is 18.3 Å². The van der Waals surface area contributed by atoms with E-state index in [-0.39, 0.29) is 43.9 Å². The number of aliphatic hydroxyl groups is 2. The van der Waals surface area contributed by atoms with Gasteiger partial charge >= 0.3 is 0 Å². The minimum absolute atomic E-state index is 0.0188. The minimum atomic E-state index is -1.60. The summed E-state index contributed by atoms with van der Waals surface area (Å²) in [6.45, 7) is -0.451. The number of rotatable bonds is 10. The molecule has 2 heterocycles. The summed E-state index contributed by atoms with van der Waals surface area (Å²) in [5.74, 6) is -0.661. The molecule has 1 saturated carbocycles. The smallest absolute Gasteiger partial charge is 0.251 e. The van der Waals surface area contributed by atoms with E-state index < -0.39 is 48.8 Å². The number of hydrogen-bond acceptors (Lipinski definition) is 6. The predicted octanol–water partition coefficient (Wildman–Crippen LogP) is 2.48. The molecule has 12 heteroatoms. The highest BCUT2D eigenvalue weighted by Gasteiger charge is 2.41. The van der Waals surface area contributed by atoms with Crippen LogP contribution < -0.4 is 10.1 Å². The number of nitrogens with one attached hydrogen (secondary N) is 1. The number of aliphatic hydroxyl groups excluding tert-OH is 2. The Morgan fingerprint density at radius 2 is 1.97 bits per heavy atom. The molecule has 1 aromatic carbocycles. The van der Waals surface area contributed by atoms with Crippen molar-refractivity contribution in [3.8, 4) is 5.75 Å². The maximum Gasteiger partial charge on any atom is 0.251 e. The van der Waals surface area contributed by atoms with Crippen LogP contribution in [-0.2, 0) is 16.1 Å². The van der Waals surface area contributed by atoms with Crippen molar-refractivity contribution in [2.75, 3.05) is 18.5 Å². The Kier molecular flexibility index (Phi) is 8.22. The van der Waals surface area contributed by atoms with Crippen LogP contribution in [0.25, 0.3) is 0 Å². The van der Waals surface area contributed by atoms with Crippen LogP contribution in [0, 0.1) is 5.92 Å². The van der Waals surface area contributed by atoms with Crippen LogP contribution in [0.1, 0.15) is 19.3 Å². The van der Waals surface area contributed by atoms with Gasteiger partial charge in [-0.15, -0.1) is 0 Å². The SMILES string of the molecule is O=C(Nc1ccn(CC(O)CO)n1)C(CC1C[C@@H](F)[C@@H](F)C1)N1CC(Oc2ccccc2Cl)=CC1=O. The first-order chi connectivity index (χ1) is 17.2. The van der Waals surface area contributed by atoms with Gasteiger partial charge in [-0.2, -0.15) is 5.10 Å². The first-order valence-corrected chi connectivity index (χ1v) is 12.0. The Labute approximate surface area is 211 Å². The molecule has 3 N–H and O–H groups in total. The van der Waals surface area contributed by atoms with Crippen molar-refractivity contribution in [1.29, 1.82) is 0 Å². The summed E-state index contributed by atoms with van der Waals surface area (Å²) in [6.07, 6.45) is -1.43. The Hall–Kier alpha value is -3.02. The average Bonchev–Trinajstić information content (AvgIpc) is 3.52. The topological polar surface area (TPSA) is 117 Å². The summed E-state index contributed by atoms with van der Waals surface area (Å²) in [6, 6.07) is 7.22. The van der Waals surface area contributed by atoms with Crippen molar-refractivity contribution >= 4 is 29.2 Å². The van der Waals surface area contributed by atoms with Gasteiger partial charge in [0.2, 0.25) is 5.91 Å². The number of hydrogen-bond donors (Lipinski definition) is 3. The molecule has 9 nitrogen and oxygen atoms in total. The van der Waals surface area contributed by atoms with Crippen LogP contribution >= 0.6 is 11.6 Å². The number of amides is 2. The summed E-state index contributed by atoms with van der Waals surface area (Å²) in [5.41, 5.74) is 0. The van der Waals surface area contributed by atoms with Crippen LogP contribution in [0.15, 0.2) is 48.4 Å². The number of ether oxygens (including phenoxy) is 1. The Balaban J connectivity index is 1.48. The van der Waals surface area contributed by atoms with E-state index in [1.807, 2.05) is 0 Å². The third kappa shape index (κ3) is 6.21. The largest absolute Gasteiger partial charge is 0.458 e. The van der Waals surface area contributed by atoms with Crippen LogP contribution in [0.3, 0.4) is 0 Å². The molecule has 3 unspecified atom stereocenters. The summed E-state index contributed by atoms with van der Waals surface area (Å²) >= 11 is 6.14. The number of nitrogens with zero attached hydrogens (tertiary/aromatic N) is 3. The van der Waals surface area contributed by atoms with Gasteiger partial charge in [0.05, 0.1) is 30.8 Å². The van der Waals surface area contributed by atoms with E-state index in [1.54, 1.807) is 24.3 Å². The van der Waals surface area contributed by atoms with Gasteiger partial charge in [0.25, 0.3) is 5.91 Å². The molecular weight excluding hydrogens is 498 g/mol. The zero-order chi connectivity index (χ0) is 25.8. The molecule has 1 aromatic heterocycles. The van der Waals surface area contributed by atoms with Gasteiger partial charge in [-0.3, -0.25) is 14.3 Å². The zero-order valence-electron chi connectivity index (χ0n) is 19.3. The van der Waals surface area contributed by atoms with Crippen molar-refractivity contribution < 1.29 is 33.3 Å². The van der Waals surface area contributed by atoms with Crippen molar-refractivity contribution in [2.45, 2.75) is 50.3 Å². The molecule has 2 aromatic rings. The van der Waals surface area contributed by atoms with E-state index in [0.717, 1.165) is 0 Å². The molecule has 1 aliphatic heterocycles. The third-order valence-corrected chi connectivity index (χ3v) is 6.53. The van der Waals surface area contributed by atoms with Crippen LogP contribution in [0.5, 0.6) is 5.75 Å². The molecular formula is C24H27ClF2N4O5. The number of carbonyl (C=O) groups excluding carboxylic acids is 2. The van der Waals surface area contributed by atoms with Crippen LogP contribution in [0.2, 0.25) is 5.02 Å². The van der Waals surface area contributed by atoms with Gasteiger partial charge in [0.1, 0.15) is 29.9 Å². The summed E-state index contributed by atoms with van der Waals surface area (Å²) in [4.78, 5) is 27.4. The lowest BCUT2D eigenvalue weighted by atomic mass is 9.96. The third-order valence-electron chi connectivity index (χ3n) is 6.22. The molecule has 5 atom stereocenters. The number of aromatic nitrogens is 2. The lowest BCUT2D eigenvalue weighted by Crippen LogP contribution is -2.46. The molecule has 36 heavy (non-hydrogen) atoms. The molecule has 0 saturated heterocycles. The predicted molar refractivity (Wildman–Crippen MR) is 127 cm³/mol. The molecule has 2 aliphatic rings. The summed E-state index contributed by atoms with van der Waals surface area (Å²) < 4.78 is 34.8. The van der Waals surface area contributed by atoms with Gasteiger partial charge < -0.3 is 25.2 Å². The van der Waals surface area contributed by atoms with Crippen molar-refractivity contribution in [3.63, 3.8) is 0 Å². The molecule has 4 rings (SSSR count). The van der Waals surface area contributed by atoms with Gasteiger partial charge in [0.15, 0.2) is 5.82 Å². The average molecular weight is 525 g/mol. The second kappa shape index (κ2) is 11.4. The maximum atomic E-state index is 13.8. The van der Waals surface area contributed by atoms with E-state index >= 15 is 0 Å². The first kappa shape index (κ1) is 26.1. The first-order valence-electron chi connectivity index (χ1n) is 11.6. The minimum Gasteiger partial charge on any atom is -0.458 e. The summed E-state index contributed by atoms with van der Waals surface area (Å²) in [7, 11) is 0. The normalized spacial score (nSPS) is 23.5. The molecule has 1 fully saturated rings. The molecule has 0 bridgehead atoms. The second-order valence-electron chi connectivity index (χ2n) is 8.98. The molecule has 194 valence electrons. The van der Waals surface area contributed by atoms with E-state index in [0.29, 0.717) is 10.8 Å². The fourth-order valence-corrected chi connectivity index (χ4v) is 4.61. The second-order valence-corrected chi connectivity index (χ2v) is 9.39. The zero-order valence-corrected chi connectivity index (χ0v) is 20.0. The molecule has 0 radical (unpaired) electrons. The highest BCUT2D eigenvalue weighted by atomic mass is 35.5. The van der Waals surface area contributed by atoms with E-state index in [9.17, 15) is 23.5 Å². The summed E-state index contributed by atoms with van der Waals surface area (Å²) in [5, 5.41) is 25.7. The van der Waals surface area contributed by atoms with E-state index in [1.165, 1.54) is 27.9 Å². The number of carbonyl (C=O) groups is 2. The monoisotopic (exact) mass is 524 g/mol. The van der Waals surface area contributed by atoms with Crippen LogP contribution in [-0.4, -0.2) is 74.3 Å². The van der Waals surface area contributed by atoms with Crippen molar-refractivity contribution in [3.05, 3.63) is 53.4 Å². The quantitative estimate of drug-likeness (QED) is 0.440. The lowest BCUT2D eigenvalue weighted by molar-refractivity contribution is -0.134. The fourth-order valence-electron chi connectivity index (χ4n) is 4.43. The highest BCUT2D eigenvalue weighted by molar-refractivity contribution is 6.32. The number of halogens is 3. The number of benzene rings is 1. The lowest BCUT2D eigenvalue weighted by Gasteiger charge is -2.29. The van der Waals surface area contributed by atoms with Gasteiger partial charge in [-0.25, -0.2) is 8.78 Å². The van der Waals surface area contributed by atoms with Gasteiger partial charge in [-0.05, 0) is 37.3 Å². The van der Waals surface area contributed by atoms with E-state index in [2.05, 4.69) is 10.4 Å². The fraction of sp³-hybridized carbons (Fsp3) is 0.458. The van der Waals surface area contributed by atoms with Crippen molar-refractivity contribution in [2.24, 2.45) is 5.92 Å². The highest BCUT2D eigenvalue weighted by Crippen LogP contribution is 2.35. The Morgan fingerprint density at radius 3 is 2.67 bits per heavy atom. The number of alkyl halides is 2. The molecule has 1 aliphatic carbocycles. The Morgan fingerprint density at radius 1 is 1.25 bits per heavy atom. The maximum absolute atomic E-state index is 13.8. The van der Waals surface area contributed by atoms with E-state index in [4.69, 9.17) is 21.4 Å². The molecule has 0 spiro atoms. The standard InChI is InChI=1S/C24H27ClF2N4O5/c25-17-3-1-2-4-21(17)36-16-10-23(34)31(12-16)20(9-14-7-18(26)19(27)8-14)24(35)28-22-5-6-30(29-22)11-15(33)13-32/h1-6,10,14-15,18-20,32-33H,7-9,11-13H2,(H,28,29,35)/t14?,15?,18-,19+,20?. The number of para-hydroxylation sites is 1. The van der Waals surface area contributed by atoms with Gasteiger partial charge in [-0.1, -0.05) is 23.7 Å². The van der Waals surface area contributed by atoms with Crippen molar-refractivity contribution in [1.82, 2.24) is 14.7 Å². The number of anilines is 1.